The van der Waals surface area contributed by atoms with Crippen molar-refractivity contribution in [1.29, 1.82) is 0 Å². The summed E-state index contributed by atoms with van der Waals surface area (Å²) in [7, 11) is 0. The Morgan fingerprint density at radius 3 is 3.00 bits per heavy atom. The number of aromatic amines is 1. The van der Waals surface area contributed by atoms with Crippen LogP contribution in [0.5, 0.6) is 0 Å². The van der Waals surface area contributed by atoms with E-state index in [9.17, 15) is 4.79 Å². The Kier molecular flexibility index (Phi) is 3.45. The molecule has 0 bridgehead atoms. The molecule has 1 unspecified atom stereocenters. The summed E-state index contributed by atoms with van der Waals surface area (Å²) < 4.78 is 0. The molecule has 96 valence electrons. The Hall–Kier alpha value is -2.11. The van der Waals surface area contributed by atoms with Gasteiger partial charge in [0.05, 0.1) is 5.39 Å². The van der Waals surface area contributed by atoms with E-state index in [1.54, 1.807) is 13.1 Å². The number of aliphatic carboxylic acids is 1. The number of fused-ring (bicyclic) bond motifs is 1. The number of carbonyl (C=O) groups is 1. The molecule has 0 amide bonds. The predicted molar refractivity (Wildman–Crippen MR) is 68.6 cm³/mol. The second-order valence-electron chi connectivity index (χ2n) is 4.18. The minimum absolute atomic E-state index is 0.560. The predicted octanol–water partition coefficient (Wildman–Crippen LogP) is 1.93. The van der Waals surface area contributed by atoms with E-state index in [2.05, 4.69) is 20.3 Å². The number of aryl methyl sites for hydroxylation is 1. The Bertz CT molecular complexity index is 564. The minimum atomic E-state index is -0.864. The molecule has 0 aliphatic carbocycles. The highest BCUT2D eigenvalue weighted by Crippen LogP contribution is 2.20. The van der Waals surface area contributed by atoms with Crippen LogP contribution < -0.4 is 5.32 Å². The molecular formula is C12H16N4O2. The number of nitrogens with one attached hydrogen (secondary N) is 2. The van der Waals surface area contributed by atoms with E-state index >= 15 is 0 Å². The second-order valence-corrected chi connectivity index (χ2v) is 4.18. The number of nitrogens with zero attached hydrogens (tertiary/aromatic N) is 2. The summed E-state index contributed by atoms with van der Waals surface area (Å²) in [5.41, 5.74) is 0.714. The standard InChI is InChI=1S/C12H16N4O2/c1-3-4-9(12(17)18)16-11-8-5-6-13-10(8)14-7(2)15-11/h5-6,9H,3-4H2,1-2H3,(H,17,18)(H2,13,14,15,16). The SMILES string of the molecule is CCCC(Nc1nc(C)nc2[nH]ccc12)C(=O)O. The Labute approximate surface area is 104 Å². The second kappa shape index (κ2) is 5.03. The van der Waals surface area contributed by atoms with Gasteiger partial charge in [0.25, 0.3) is 0 Å². The van der Waals surface area contributed by atoms with E-state index in [4.69, 9.17) is 5.11 Å². The fourth-order valence-electron chi connectivity index (χ4n) is 1.87. The molecule has 0 aromatic carbocycles. The number of anilines is 1. The fraction of sp³-hybridized carbons (Fsp3) is 0.417. The molecule has 0 aliphatic rings. The van der Waals surface area contributed by atoms with Gasteiger partial charge in [0.2, 0.25) is 0 Å². The van der Waals surface area contributed by atoms with Crippen molar-refractivity contribution in [1.82, 2.24) is 15.0 Å². The topological polar surface area (TPSA) is 90.9 Å². The third-order valence-electron chi connectivity index (χ3n) is 2.71. The Morgan fingerprint density at radius 2 is 2.33 bits per heavy atom. The molecule has 2 aromatic heterocycles. The zero-order valence-electron chi connectivity index (χ0n) is 10.4. The van der Waals surface area contributed by atoms with Crippen LogP contribution >= 0.6 is 0 Å². The van der Waals surface area contributed by atoms with Gasteiger partial charge in [0.15, 0.2) is 0 Å². The zero-order chi connectivity index (χ0) is 13.1. The van der Waals surface area contributed by atoms with Crippen molar-refractivity contribution in [2.45, 2.75) is 32.7 Å². The van der Waals surface area contributed by atoms with Crippen LogP contribution in [-0.4, -0.2) is 32.1 Å². The van der Waals surface area contributed by atoms with Gasteiger partial charge in [0.1, 0.15) is 23.3 Å². The maximum atomic E-state index is 11.1. The van der Waals surface area contributed by atoms with Crippen molar-refractivity contribution in [2.24, 2.45) is 0 Å². The van der Waals surface area contributed by atoms with Crippen LogP contribution in [0.4, 0.5) is 5.82 Å². The van der Waals surface area contributed by atoms with E-state index in [1.165, 1.54) is 0 Å². The first-order valence-corrected chi connectivity index (χ1v) is 5.93. The van der Waals surface area contributed by atoms with Gasteiger partial charge in [0, 0.05) is 6.20 Å². The van der Waals surface area contributed by atoms with Crippen molar-refractivity contribution in [3.05, 3.63) is 18.1 Å². The summed E-state index contributed by atoms with van der Waals surface area (Å²) in [4.78, 5) is 22.6. The van der Waals surface area contributed by atoms with Gasteiger partial charge in [-0.25, -0.2) is 14.8 Å². The smallest absolute Gasteiger partial charge is 0.326 e. The molecule has 2 heterocycles. The lowest BCUT2D eigenvalue weighted by Gasteiger charge is -2.14. The van der Waals surface area contributed by atoms with Crippen molar-refractivity contribution in [2.75, 3.05) is 5.32 Å². The van der Waals surface area contributed by atoms with Gasteiger partial charge >= 0.3 is 5.97 Å². The Balaban J connectivity index is 2.34. The lowest BCUT2D eigenvalue weighted by atomic mass is 10.1. The van der Waals surface area contributed by atoms with Gasteiger partial charge in [-0.1, -0.05) is 13.3 Å². The van der Waals surface area contributed by atoms with Crippen LogP contribution in [-0.2, 0) is 4.79 Å². The number of carboxylic acids is 1. The zero-order valence-corrected chi connectivity index (χ0v) is 10.4. The molecule has 0 aliphatic heterocycles. The third kappa shape index (κ3) is 2.42. The van der Waals surface area contributed by atoms with Crippen molar-refractivity contribution < 1.29 is 9.90 Å². The first-order chi connectivity index (χ1) is 8.61. The molecule has 3 N–H and O–H groups in total. The number of carboxylic acid groups (broad SMARTS) is 1. The summed E-state index contributed by atoms with van der Waals surface area (Å²) in [5.74, 6) is 0.310. The summed E-state index contributed by atoms with van der Waals surface area (Å²) in [6.45, 7) is 3.73. The largest absolute Gasteiger partial charge is 0.480 e. The minimum Gasteiger partial charge on any atom is -0.480 e. The maximum Gasteiger partial charge on any atom is 0.326 e. The number of hydrogen-bond acceptors (Lipinski definition) is 4. The van der Waals surface area contributed by atoms with Gasteiger partial charge in [-0.3, -0.25) is 0 Å². The quantitative estimate of drug-likeness (QED) is 0.752. The molecule has 18 heavy (non-hydrogen) atoms. The van der Waals surface area contributed by atoms with Crippen LogP contribution in [0.25, 0.3) is 11.0 Å². The highest BCUT2D eigenvalue weighted by atomic mass is 16.4. The molecule has 0 fully saturated rings. The molecule has 2 aromatic rings. The van der Waals surface area contributed by atoms with Gasteiger partial charge in [-0.2, -0.15) is 0 Å². The first-order valence-electron chi connectivity index (χ1n) is 5.93. The van der Waals surface area contributed by atoms with Crippen molar-refractivity contribution in [3.8, 4) is 0 Å². The first kappa shape index (κ1) is 12.3. The average molecular weight is 248 g/mol. The molecule has 0 radical (unpaired) electrons. The molecule has 6 nitrogen and oxygen atoms in total. The molecule has 1 atom stereocenters. The van der Waals surface area contributed by atoms with E-state index in [0.29, 0.717) is 23.7 Å². The fourth-order valence-corrected chi connectivity index (χ4v) is 1.87. The third-order valence-corrected chi connectivity index (χ3v) is 2.71. The van der Waals surface area contributed by atoms with E-state index < -0.39 is 12.0 Å². The average Bonchev–Trinajstić information content (AvgIpc) is 2.76. The molecule has 0 saturated heterocycles. The summed E-state index contributed by atoms with van der Waals surface area (Å²) in [6.07, 6.45) is 3.12. The normalized spacial score (nSPS) is 12.6. The van der Waals surface area contributed by atoms with Crippen LogP contribution in [0.15, 0.2) is 12.3 Å². The van der Waals surface area contributed by atoms with E-state index in [0.717, 1.165) is 11.8 Å². The lowest BCUT2D eigenvalue weighted by molar-refractivity contribution is -0.138. The maximum absolute atomic E-state index is 11.1. The highest BCUT2D eigenvalue weighted by molar-refractivity contribution is 5.89. The number of aromatic nitrogens is 3. The van der Waals surface area contributed by atoms with Gasteiger partial charge in [-0.15, -0.1) is 0 Å². The molecule has 0 spiro atoms. The molecule has 2 rings (SSSR count). The molecule has 6 heteroatoms. The lowest BCUT2D eigenvalue weighted by Crippen LogP contribution is -2.29. The van der Waals surface area contributed by atoms with Crippen LogP contribution in [0, 0.1) is 6.92 Å². The summed E-state index contributed by atoms with van der Waals surface area (Å²) in [5, 5.41) is 12.9. The van der Waals surface area contributed by atoms with E-state index in [1.807, 2.05) is 13.0 Å². The highest BCUT2D eigenvalue weighted by Gasteiger charge is 2.18. The number of rotatable bonds is 5. The van der Waals surface area contributed by atoms with E-state index in [-0.39, 0.29) is 0 Å². The van der Waals surface area contributed by atoms with Gasteiger partial charge in [-0.05, 0) is 19.4 Å². The summed E-state index contributed by atoms with van der Waals surface area (Å²) >= 11 is 0. The number of H-pyrrole nitrogens is 1. The molecular weight excluding hydrogens is 232 g/mol. The van der Waals surface area contributed by atoms with Crippen LogP contribution in [0.2, 0.25) is 0 Å². The van der Waals surface area contributed by atoms with Crippen molar-refractivity contribution in [3.63, 3.8) is 0 Å². The van der Waals surface area contributed by atoms with Gasteiger partial charge < -0.3 is 15.4 Å². The Morgan fingerprint density at radius 1 is 1.56 bits per heavy atom. The summed E-state index contributed by atoms with van der Waals surface area (Å²) in [6, 6.07) is 1.21. The van der Waals surface area contributed by atoms with Crippen LogP contribution in [0.1, 0.15) is 25.6 Å². The number of hydrogen-bond donors (Lipinski definition) is 3. The van der Waals surface area contributed by atoms with Crippen LogP contribution in [0.3, 0.4) is 0 Å². The van der Waals surface area contributed by atoms with Crippen molar-refractivity contribution >= 4 is 22.8 Å². The monoisotopic (exact) mass is 248 g/mol. The molecule has 0 saturated carbocycles.